The molecule has 1 aliphatic carbocycles. The summed E-state index contributed by atoms with van der Waals surface area (Å²) in [6, 6.07) is 10.8. The van der Waals surface area contributed by atoms with E-state index in [2.05, 4.69) is 13.8 Å². The fourth-order valence-electron chi connectivity index (χ4n) is 3.52. The largest absolute Gasteiger partial charge is 0.493 e. The summed E-state index contributed by atoms with van der Waals surface area (Å²) in [4.78, 5) is 0.101. The van der Waals surface area contributed by atoms with Crippen molar-refractivity contribution in [3.8, 4) is 11.5 Å². The first-order valence-corrected chi connectivity index (χ1v) is 9.78. The van der Waals surface area contributed by atoms with Crippen molar-refractivity contribution in [2.45, 2.75) is 24.7 Å². The summed E-state index contributed by atoms with van der Waals surface area (Å²) in [5.41, 5.74) is 1.05. The molecule has 5 nitrogen and oxygen atoms in total. The Morgan fingerprint density at radius 2 is 1.77 bits per heavy atom. The van der Waals surface area contributed by atoms with Gasteiger partial charge in [0.2, 0.25) is 10.0 Å². The van der Waals surface area contributed by atoms with Crippen LogP contribution in [-0.2, 0) is 10.0 Å². The predicted octanol–water partition coefficient (Wildman–Crippen LogP) is 3.30. The van der Waals surface area contributed by atoms with Gasteiger partial charge in [-0.1, -0.05) is 26.0 Å². The highest BCUT2D eigenvalue weighted by Gasteiger charge is 2.58. The number of halogens is 1. The molecule has 0 bridgehead atoms. The summed E-state index contributed by atoms with van der Waals surface area (Å²) in [5.74, 6) is 0.965. The van der Waals surface area contributed by atoms with Crippen LogP contribution in [0.1, 0.15) is 25.3 Å². The number of rotatable bonds is 6. The Labute approximate surface area is 153 Å². The van der Waals surface area contributed by atoms with Crippen molar-refractivity contribution in [2.24, 2.45) is 16.5 Å². The molecular weight excluding hydrogens is 357 g/mol. The Balaban J connectivity index is 1.72. The lowest BCUT2D eigenvalue weighted by Crippen LogP contribution is -2.11. The minimum Gasteiger partial charge on any atom is -0.493 e. The van der Waals surface area contributed by atoms with Crippen LogP contribution in [0.3, 0.4) is 0 Å². The molecule has 2 aromatic rings. The summed E-state index contributed by atoms with van der Waals surface area (Å²) in [7, 11) is -2.22. The normalized spacial score (nSPS) is 21.3. The van der Waals surface area contributed by atoms with Crippen LogP contribution in [0.2, 0.25) is 0 Å². The molecule has 26 heavy (non-hydrogen) atoms. The summed E-state index contributed by atoms with van der Waals surface area (Å²) in [5, 5.41) is 5.14. The molecule has 0 spiro atoms. The maximum absolute atomic E-state index is 13.3. The third kappa shape index (κ3) is 3.54. The van der Waals surface area contributed by atoms with E-state index in [9.17, 15) is 12.8 Å². The molecule has 3 rings (SSSR count). The number of nitrogens with two attached hydrogens (primary N) is 1. The molecule has 1 fully saturated rings. The third-order valence-electron chi connectivity index (χ3n) is 5.16. The van der Waals surface area contributed by atoms with Crippen LogP contribution in [0, 0.1) is 17.2 Å². The molecular formula is C19H22FNO4S. The van der Waals surface area contributed by atoms with Crippen LogP contribution in [-0.4, -0.2) is 22.1 Å². The first-order chi connectivity index (χ1) is 12.1. The zero-order valence-electron chi connectivity index (χ0n) is 14.9. The molecule has 0 unspecified atom stereocenters. The van der Waals surface area contributed by atoms with Crippen molar-refractivity contribution in [3.05, 3.63) is 53.8 Å². The van der Waals surface area contributed by atoms with Crippen LogP contribution in [0.25, 0.3) is 0 Å². The highest BCUT2D eigenvalue weighted by molar-refractivity contribution is 7.89. The van der Waals surface area contributed by atoms with Gasteiger partial charge in [-0.3, -0.25) is 0 Å². The Kier molecular flexibility index (Phi) is 4.71. The van der Waals surface area contributed by atoms with E-state index in [0.717, 1.165) is 5.56 Å². The predicted molar refractivity (Wildman–Crippen MR) is 96.3 cm³/mol. The van der Waals surface area contributed by atoms with Crippen LogP contribution in [0.5, 0.6) is 11.5 Å². The molecule has 2 aromatic carbocycles. The van der Waals surface area contributed by atoms with Gasteiger partial charge in [0.15, 0.2) is 11.5 Å². The summed E-state index contributed by atoms with van der Waals surface area (Å²) in [6.45, 7) is 4.74. The smallest absolute Gasteiger partial charge is 0.238 e. The number of benzene rings is 2. The molecule has 1 saturated carbocycles. The summed E-state index contributed by atoms with van der Waals surface area (Å²) in [6.07, 6.45) is 0. The zero-order chi connectivity index (χ0) is 19.1. The van der Waals surface area contributed by atoms with Crippen molar-refractivity contribution in [3.63, 3.8) is 0 Å². The second kappa shape index (κ2) is 6.55. The van der Waals surface area contributed by atoms with Crippen molar-refractivity contribution < 1.29 is 22.3 Å². The average molecular weight is 379 g/mol. The minimum atomic E-state index is -3.69. The summed E-state index contributed by atoms with van der Waals surface area (Å²) < 4.78 is 47.1. The fourth-order valence-corrected chi connectivity index (χ4v) is 4.04. The molecule has 0 aliphatic heterocycles. The van der Waals surface area contributed by atoms with E-state index in [0.29, 0.717) is 18.1 Å². The number of primary sulfonamides is 1. The lowest BCUT2D eigenvalue weighted by atomic mass is 10.0. The number of hydrogen-bond donors (Lipinski definition) is 1. The van der Waals surface area contributed by atoms with Gasteiger partial charge in [-0.2, -0.15) is 0 Å². The van der Waals surface area contributed by atoms with E-state index < -0.39 is 10.0 Å². The van der Waals surface area contributed by atoms with Crippen LogP contribution < -0.4 is 14.6 Å². The van der Waals surface area contributed by atoms with E-state index in [4.69, 9.17) is 14.6 Å². The molecule has 0 radical (unpaired) electrons. The molecule has 7 heteroatoms. The average Bonchev–Trinajstić information content (AvgIpc) is 3.13. The van der Waals surface area contributed by atoms with Crippen LogP contribution >= 0.6 is 0 Å². The molecule has 0 amide bonds. The first-order valence-electron chi connectivity index (χ1n) is 8.23. The van der Waals surface area contributed by atoms with Crippen LogP contribution in [0.15, 0.2) is 47.4 Å². The van der Waals surface area contributed by atoms with Gasteiger partial charge in [0.25, 0.3) is 0 Å². The van der Waals surface area contributed by atoms with E-state index in [-0.39, 0.29) is 28.0 Å². The minimum absolute atomic E-state index is 0.0103. The third-order valence-corrected chi connectivity index (χ3v) is 6.09. The molecule has 0 heterocycles. The standard InChI is InChI=1S/C19H22FNO4S/c1-19(2)15(11-25-16-9-6-13(20)10-17(16)24-3)18(19)12-4-7-14(8-5-12)26(21,22)23/h4-10,15,18H,11H2,1-3H3,(H2,21,22,23)/t15-,18-/m1/s1. The zero-order valence-corrected chi connectivity index (χ0v) is 15.7. The molecule has 2 N–H and O–H groups in total. The van der Waals surface area contributed by atoms with Crippen molar-refractivity contribution >= 4 is 10.0 Å². The molecule has 0 aromatic heterocycles. The van der Waals surface area contributed by atoms with E-state index in [1.165, 1.54) is 31.4 Å². The van der Waals surface area contributed by atoms with Gasteiger partial charge in [-0.25, -0.2) is 17.9 Å². The second-order valence-corrected chi connectivity index (χ2v) is 8.69. The Morgan fingerprint density at radius 3 is 2.35 bits per heavy atom. The van der Waals surface area contributed by atoms with Gasteiger partial charge in [0.05, 0.1) is 18.6 Å². The van der Waals surface area contributed by atoms with E-state index in [1.54, 1.807) is 18.2 Å². The maximum atomic E-state index is 13.3. The fraction of sp³-hybridized carbons (Fsp3) is 0.368. The molecule has 2 atom stereocenters. The Bertz CT molecular complexity index is 910. The molecule has 1 aliphatic rings. The lowest BCUT2D eigenvalue weighted by molar-refractivity contribution is 0.263. The topological polar surface area (TPSA) is 78.6 Å². The van der Waals surface area contributed by atoms with Gasteiger partial charge < -0.3 is 9.47 Å². The van der Waals surface area contributed by atoms with E-state index >= 15 is 0 Å². The van der Waals surface area contributed by atoms with Crippen LogP contribution in [0.4, 0.5) is 4.39 Å². The number of ether oxygens (including phenoxy) is 2. The highest BCUT2D eigenvalue weighted by atomic mass is 32.2. The molecule has 0 saturated heterocycles. The SMILES string of the molecule is COc1cc(F)ccc1OC[C@@H]1[C@@H](c2ccc(S(N)(=O)=O)cc2)C1(C)C. The number of sulfonamides is 1. The van der Waals surface area contributed by atoms with Gasteiger partial charge in [-0.05, 0) is 41.2 Å². The quantitative estimate of drug-likeness (QED) is 0.835. The van der Waals surface area contributed by atoms with Gasteiger partial charge >= 0.3 is 0 Å². The van der Waals surface area contributed by atoms with Gasteiger partial charge in [0.1, 0.15) is 5.82 Å². The lowest BCUT2D eigenvalue weighted by Gasteiger charge is -2.11. The number of methoxy groups -OCH3 is 1. The van der Waals surface area contributed by atoms with E-state index in [1.807, 2.05) is 0 Å². The van der Waals surface area contributed by atoms with Crippen molar-refractivity contribution in [2.75, 3.05) is 13.7 Å². The Hall–Kier alpha value is -2.12. The second-order valence-electron chi connectivity index (χ2n) is 7.13. The van der Waals surface area contributed by atoms with Crippen molar-refractivity contribution in [1.82, 2.24) is 0 Å². The summed E-state index contributed by atoms with van der Waals surface area (Å²) >= 11 is 0. The Morgan fingerprint density at radius 1 is 1.12 bits per heavy atom. The maximum Gasteiger partial charge on any atom is 0.238 e. The number of hydrogen-bond acceptors (Lipinski definition) is 4. The molecule has 140 valence electrons. The van der Waals surface area contributed by atoms with Crippen molar-refractivity contribution in [1.29, 1.82) is 0 Å². The first kappa shape index (κ1) is 18.7. The highest BCUT2D eigenvalue weighted by Crippen LogP contribution is 2.64. The van der Waals surface area contributed by atoms with Gasteiger partial charge in [0, 0.05) is 12.0 Å². The monoisotopic (exact) mass is 379 g/mol. The van der Waals surface area contributed by atoms with Gasteiger partial charge in [-0.15, -0.1) is 0 Å².